The molecule has 0 N–H and O–H groups in total. The van der Waals surface area contributed by atoms with Gasteiger partial charge in [-0.1, -0.05) is 23.8 Å². The van der Waals surface area contributed by atoms with Crippen molar-refractivity contribution in [1.29, 1.82) is 0 Å². The molecular weight excluding hydrogens is 336 g/mol. The monoisotopic (exact) mass is 362 g/mol. The summed E-state index contributed by atoms with van der Waals surface area (Å²) < 4.78 is 5.07. The summed E-state index contributed by atoms with van der Waals surface area (Å²) in [5, 5.41) is 8.33. The molecule has 2 aliphatic heterocycles. The van der Waals surface area contributed by atoms with Gasteiger partial charge in [0.15, 0.2) is 5.52 Å². The van der Waals surface area contributed by atoms with Crippen LogP contribution in [0.15, 0.2) is 35.0 Å². The van der Waals surface area contributed by atoms with E-state index in [1.807, 2.05) is 0 Å². The molecule has 27 heavy (non-hydrogen) atoms. The maximum atomic E-state index is 5.07. The van der Waals surface area contributed by atoms with Crippen molar-refractivity contribution in [3.8, 4) is 11.1 Å². The Kier molecular flexibility index (Phi) is 4.12. The Morgan fingerprint density at radius 3 is 2.67 bits per heavy atom. The molecule has 0 bridgehead atoms. The van der Waals surface area contributed by atoms with Gasteiger partial charge in [-0.25, -0.2) is 4.63 Å². The number of anilines is 1. The predicted molar refractivity (Wildman–Crippen MR) is 108 cm³/mol. The number of nitrogens with zero attached hydrogens (tertiary/aromatic N) is 4. The van der Waals surface area contributed by atoms with Gasteiger partial charge >= 0.3 is 0 Å². The van der Waals surface area contributed by atoms with Crippen molar-refractivity contribution < 1.29 is 4.63 Å². The van der Waals surface area contributed by atoms with E-state index in [2.05, 4.69) is 64.3 Å². The number of benzene rings is 2. The molecule has 0 atom stereocenters. The smallest absolute Gasteiger partial charge is 0.158 e. The van der Waals surface area contributed by atoms with Gasteiger partial charge < -0.3 is 9.80 Å². The van der Waals surface area contributed by atoms with Gasteiger partial charge in [0, 0.05) is 25.6 Å². The first-order valence-corrected chi connectivity index (χ1v) is 9.98. The minimum absolute atomic E-state index is 0.752. The maximum absolute atomic E-state index is 5.07. The summed E-state index contributed by atoms with van der Waals surface area (Å²) in [6, 6.07) is 11.0. The summed E-state index contributed by atoms with van der Waals surface area (Å²) in [4.78, 5) is 5.05. The van der Waals surface area contributed by atoms with Crippen LogP contribution in [-0.2, 0) is 0 Å². The number of hydrogen-bond donors (Lipinski definition) is 0. The minimum atomic E-state index is 0.752. The molecule has 140 valence electrons. The highest BCUT2D eigenvalue weighted by Crippen LogP contribution is 2.36. The third kappa shape index (κ3) is 3.10. The number of fused-ring (bicyclic) bond motifs is 1. The summed E-state index contributed by atoms with van der Waals surface area (Å²) in [5.74, 6) is 0.752. The average molecular weight is 362 g/mol. The summed E-state index contributed by atoms with van der Waals surface area (Å²) in [6.45, 7) is 10.3. The van der Waals surface area contributed by atoms with Gasteiger partial charge in [-0.05, 0) is 78.9 Å². The van der Waals surface area contributed by atoms with E-state index in [0.29, 0.717) is 0 Å². The zero-order valence-electron chi connectivity index (χ0n) is 16.1. The molecule has 1 aromatic heterocycles. The fourth-order valence-corrected chi connectivity index (χ4v) is 4.53. The van der Waals surface area contributed by atoms with Gasteiger partial charge in [0.05, 0.1) is 5.69 Å². The first-order valence-electron chi connectivity index (χ1n) is 9.98. The first-order chi connectivity index (χ1) is 13.2. The Morgan fingerprint density at radius 1 is 1.04 bits per heavy atom. The Hall–Kier alpha value is -2.40. The summed E-state index contributed by atoms with van der Waals surface area (Å²) in [6.07, 6.45) is 2.72. The van der Waals surface area contributed by atoms with Crippen molar-refractivity contribution in [2.24, 2.45) is 5.92 Å². The fraction of sp³-hybridized carbons (Fsp3) is 0.455. The maximum Gasteiger partial charge on any atom is 0.158 e. The molecule has 0 saturated carbocycles. The largest absolute Gasteiger partial charge is 0.369 e. The molecule has 5 rings (SSSR count). The lowest BCUT2D eigenvalue weighted by atomic mass is 9.94. The molecule has 3 aromatic rings. The molecule has 3 heterocycles. The quantitative estimate of drug-likeness (QED) is 0.701. The van der Waals surface area contributed by atoms with Crippen LogP contribution in [0.1, 0.15) is 24.0 Å². The SMILES string of the molecule is Cc1ccc(C)c(-c2cc(N3CC(CN4CCCC4)C3)c3nonc3c2)c1. The van der Waals surface area contributed by atoms with Crippen LogP contribution in [0.5, 0.6) is 0 Å². The molecule has 2 fully saturated rings. The lowest BCUT2D eigenvalue weighted by Gasteiger charge is -2.42. The van der Waals surface area contributed by atoms with E-state index < -0.39 is 0 Å². The van der Waals surface area contributed by atoms with Crippen LogP contribution >= 0.6 is 0 Å². The zero-order chi connectivity index (χ0) is 18.4. The second-order valence-electron chi connectivity index (χ2n) is 8.22. The van der Waals surface area contributed by atoms with Gasteiger partial charge in [0.1, 0.15) is 5.52 Å². The van der Waals surface area contributed by atoms with Gasteiger partial charge in [-0.15, -0.1) is 0 Å². The zero-order valence-corrected chi connectivity index (χ0v) is 16.1. The standard InChI is InChI=1S/C22H26N4O/c1-15-5-6-16(2)19(9-15)18-10-20-22(24-27-23-20)21(11-18)26-13-17(14-26)12-25-7-3-4-8-25/h5-6,9-11,17H,3-4,7-8,12-14H2,1-2H3. The van der Waals surface area contributed by atoms with Crippen LogP contribution in [0.4, 0.5) is 5.69 Å². The van der Waals surface area contributed by atoms with Crippen molar-refractivity contribution in [3.63, 3.8) is 0 Å². The Balaban J connectivity index is 1.44. The summed E-state index contributed by atoms with van der Waals surface area (Å²) in [7, 11) is 0. The van der Waals surface area contributed by atoms with Crippen molar-refractivity contribution in [1.82, 2.24) is 15.2 Å². The van der Waals surface area contributed by atoms with Crippen LogP contribution in [0.2, 0.25) is 0 Å². The molecule has 5 heteroatoms. The van der Waals surface area contributed by atoms with Gasteiger partial charge in [-0.2, -0.15) is 0 Å². The molecule has 0 spiro atoms. The summed E-state index contributed by atoms with van der Waals surface area (Å²) >= 11 is 0. The van der Waals surface area contributed by atoms with E-state index in [-0.39, 0.29) is 0 Å². The Labute approximate surface area is 159 Å². The highest BCUT2D eigenvalue weighted by atomic mass is 16.6. The highest BCUT2D eigenvalue weighted by molar-refractivity contribution is 5.93. The summed E-state index contributed by atoms with van der Waals surface area (Å²) in [5.41, 5.74) is 7.87. The molecule has 2 aromatic carbocycles. The minimum Gasteiger partial charge on any atom is -0.369 e. The normalized spacial score (nSPS) is 18.4. The number of hydrogen-bond acceptors (Lipinski definition) is 5. The second kappa shape index (κ2) is 6.64. The fourth-order valence-electron chi connectivity index (χ4n) is 4.53. The third-order valence-corrected chi connectivity index (χ3v) is 6.06. The topological polar surface area (TPSA) is 45.4 Å². The lowest BCUT2D eigenvalue weighted by Crippen LogP contribution is -2.51. The highest BCUT2D eigenvalue weighted by Gasteiger charge is 2.31. The number of aryl methyl sites for hydroxylation is 2. The van der Waals surface area contributed by atoms with Crippen LogP contribution in [-0.4, -0.2) is 47.9 Å². The van der Waals surface area contributed by atoms with E-state index in [1.54, 1.807) is 0 Å². The molecule has 5 nitrogen and oxygen atoms in total. The van der Waals surface area contributed by atoms with E-state index >= 15 is 0 Å². The second-order valence-corrected chi connectivity index (χ2v) is 8.22. The molecule has 0 radical (unpaired) electrons. The number of likely N-dealkylation sites (tertiary alicyclic amines) is 1. The predicted octanol–water partition coefficient (Wildman–Crippen LogP) is 4.04. The molecule has 0 unspecified atom stereocenters. The Bertz CT molecular complexity index is 968. The van der Waals surface area contributed by atoms with Crippen LogP contribution in [0, 0.1) is 19.8 Å². The van der Waals surface area contributed by atoms with Crippen LogP contribution < -0.4 is 4.90 Å². The molecule has 2 aliphatic rings. The molecule has 0 aliphatic carbocycles. The number of aromatic nitrogens is 2. The lowest BCUT2D eigenvalue weighted by molar-refractivity contribution is 0.247. The van der Waals surface area contributed by atoms with Gasteiger partial charge in [-0.3, -0.25) is 0 Å². The molecular formula is C22H26N4O. The van der Waals surface area contributed by atoms with E-state index in [9.17, 15) is 0 Å². The van der Waals surface area contributed by atoms with E-state index in [1.165, 1.54) is 54.7 Å². The van der Waals surface area contributed by atoms with E-state index in [4.69, 9.17) is 4.63 Å². The third-order valence-electron chi connectivity index (χ3n) is 6.06. The molecule has 2 saturated heterocycles. The first kappa shape index (κ1) is 16.8. The van der Waals surface area contributed by atoms with Crippen LogP contribution in [0.25, 0.3) is 22.2 Å². The van der Waals surface area contributed by atoms with Gasteiger partial charge in [0.2, 0.25) is 0 Å². The van der Waals surface area contributed by atoms with Crippen molar-refractivity contribution in [2.45, 2.75) is 26.7 Å². The average Bonchev–Trinajstić information content (AvgIpc) is 3.30. The number of rotatable bonds is 4. The van der Waals surface area contributed by atoms with Crippen molar-refractivity contribution >= 4 is 16.7 Å². The van der Waals surface area contributed by atoms with Crippen LogP contribution in [0.3, 0.4) is 0 Å². The van der Waals surface area contributed by atoms with E-state index in [0.717, 1.165) is 35.7 Å². The Morgan fingerprint density at radius 2 is 1.85 bits per heavy atom. The molecule has 0 amide bonds. The van der Waals surface area contributed by atoms with Crippen molar-refractivity contribution in [2.75, 3.05) is 37.6 Å². The van der Waals surface area contributed by atoms with Gasteiger partial charge in [0.25, 0.3) is 0 Å². The van der Waals surface area contributed by atoms with Crippen molar-refractivity contribution in [3.05, 3.63) is 41.5 Å².